The fraction of sp³-hybridized carbons (Fsp3) is 0.364. The summed E-state index contributed by atoms with van der Waals surface area (Å²) in [6.07, 6.45) is 1.83. The molecule has 28 heavy (non-hydrogen) atoms. The lowest BCUT2D eigenvalue weighted by Crippen LogP contribution is -2.49. The Labute approximate surface area is 165 Å². The molecule has 2 aromatic heterocycles. The molecule has 2 N–H and O–H groups in total. The van der Waals surface area contributed by atoms with Gasteiger partial charge in [0.15, 0.2) is 5.82 Å². The lowest BCUT2D eigenvalue weighted by molar-refractivity contribution is 0.0741. The maximum Gasteiger partial charge on any atom is 0.270 e. The molecule has 1 aliphatic heterocycles. The van der Waals surface area contributed by atoms with Crippen molar-refractivity contribution in [3.05, 3.63) is 53.9 Å². The maximum atomic E-state index is 13.1. The third-order valence-electron chi connectivity index (χ3n) is 5.28. The molecule has 4 rings (SSSR count). The van der Waals surface area contributed by atoms with Crippen molar-refractivity contribution in [3.8, 4) is 0 Å². The number of pyridine rings is 1. The summed E-state index contributed by atoms with van der Waals surface area (Å²) in [4.78, 5) is 25.2. The van der Waals surface area contributed by atoms with Gasteiger partial charge < -0.3 is 20.1 Å². The first kappa shape index (κ1) is 18.3. The van der Waals surface area contributed by atoms with E-state index in [-0.39, 0.29) is 5.91 Å². The summed E-state index contributed by atoms with van der Waals surface area (Å²) in [6, 6.07) is 12.4. The Morgan fingerprint density at radius 3 is 2.57 bits per heavy atom. The summed E-state index contributed by atoms with van der Waals surface area (Å²) in [6.45, 7) is 9.17. The summed E-state index contributed by atoms with van der Waals surface area (Å²) in [5, 5.41) is 4.58. The summed E-state index contributed by atoms with van der Waals surface area (Å²) >= 11 is 0. The van der Waals surface area contributed by atoms with Crippen LogP contribution < -0.4 is 10.2 Å². The second-order valence-electron chi connectivity index (χ2n) is 7.62. The van der Waals surface area contributed by atoms with Gasteiger partial charge in [-0.05, 0) is 44.5 Å². The van der Waals surface area contributed by atoms with Gasteiger partial charge in [-0.3, -0.25) is 4.79 Å². The van der Waals surface area contributed by atoms with Gasteiger partial charge in [0.05, 0.1) is 5.69 Å². The number of aromatic nitrogens is 2. The number of fused-ring (bicyclic) bond motifs is 1. The quantitative estimate of drug-likeness (QED) is 0.728. The number of aryl methyl sites for hydroxylation is 1. The van der Waals surface area contributed by atoms with Crippen LogP contribution in [0.5, 0.6) is 0 Å². The Balaban J connectivity index is 1.48. The smallest absolute Gasteiger partial charge is 0.270 e. The monoisotopic (exact) mass is 377 g/mol. The van der Waals surface area contributed by atoms with Gasteiger partial charge in [-0.15, -0.1) is 0 Å². The van der Waals surface area contributed by atoms with Crippen molar-refractivity contribution in [2.45, 2.75) is 26.8 Å². The molecule has 0 atom stereocenters. The molecule has 1 saturated heterocycles. The molecule has 1 amide bonds. The Morgan fingerprint density at radius 1 is 1.11 bits per heavy atom. The predicted octanol–water partition coefficient (Wildman–Crippen LogP) is 3.65. The topological polar surface area (TPSA) is 64.3 Å². The van der Waals surface area contributed by atoms with Gasteiger partial charge in [0.25, 0.3) is 5.91 Å². The molecular weight excluding hydrogens is 350 g/mol. The SMILES string of the molecule is Cc1c(C(=O)N2CCN(c3ncccc3NC(C)C)CC2)[nH]c2ccccc12. The molecule has 0 spiro atoms. The number of carbonyl (C=O) groups is 1. The molecule has 0 bridgehead atoms. The van der Waals surface area contributed by atoms with Crippen molar-refractivity contribution in [1.29, 1.82) is 0 Å². The summed E-state index contributed by atoms with van der Waals surface area (Å²) < 4.78 is 0. The van der Waals surface area contributed by atoms with Gasteiger partial charge in [-0.1, -0.05) is 18.2 Å². The van der Waals surface area contributed by atoms with Crippen LogP contribution in [0.25, 0.3) is 10.9 Å². The average molecular weight is 377 g/mol. The fourth-order valence-electron chi connectivity index (χ4n) is 3.85. The van der Waals surface area contributed by atoms with Gasteiger partial charge in [0.1, 0.15) is 5.69 Å². The minimum atomic E-state index is 0.0786. The van der Waals surface area contributed by atoms with E-state index in [1.807, 2.05) is 42.3 Å². The van der Waals surface area contributed by atoms with Gasteiger partial charge in [0.2, 0.25) is 0 Å². The number of nitrogens with zero attached hydrogens (tertiary/aromatic N) is 3. The zero-order valence-corrected chi connectivity index (χ0v) is 16.7. The molecule has 1 fully saturated rings. The van der Waals surface area contributed by atoms with Crippen molar-refractivity contribution < 1.29 is 4.79 Å². The number of rotatable bonds is 4. The molecule has 6 heteroatoms. The molecular formula is C22H27N5O. The van der Waals surface area contributed by atoms with Crippen molar-refractivity contribution in [2.24, 2.45) is 0 Å². The third-order valence-corrected chi connectivity index (χ3v) is 5.28. The zero-order valence-electron chi connectivity index (χ0n) is 16.7. The van der Waals surface area contributed by atoms with E-state index in [0.29, 0.717) is 24.8 Å². The van der Waals surface area contributed by atoms with E-state index in [2.05, 4.69) is 46.2 Å². The van der Waals surface area contributed by atoms with E-state index in [0.717, 1.165) is 41.1 Å². The molecule has 3 heterocycles. The van der Waals surface area contributed by atoms with E-state index in [1.54, 1.807) is 0 Å². The van der Waals surface area contributed by atoms with Gasteiger partial charge in [0, 0.05) is 49.3 Å². The largest absolute Gasteiger partial charge is 0.380 e. The minimum Gasteiger partial charge on any atom is -0.380 e. The average Bonchev–Trinajstić information content (AvgIpc) is 3.04. The molecule has 1 aliphatic rings. The van der Waals surface area contributed by atoms with Crippen LogP contribution in [0.4, 0.5) is 11.5 Å². The Hall–Kier alpha value is -3.02. The van der Waals surface area contributed by atoms with E-state index in [4.69, 9.17) is 0 Å². The van der Waals surface area contributed by atoms with Gasteiger partial charge in [-0.25, -0.2) is 4.98 Å². The summed E-state index contributed by atoms with van der Waals surface area (Å²) in [5.41, 5.74) is 3.79. The fourth-order valence-corrected chi connectivity index (χ4v) is 3.85. The van der Waals surface area contributed by atoms with E-state index in [9.17, 15) is 4.79 Å². The lowest BCUT2D eigenvalue weighted by atomic mass is 10.1. The van der Waals surface area contributed by atoms with Crippen LogP contribution in [0, 0.1) is 6.92 Å². The number of aromatic amines is 1. The minimum absolute atomic E-state index is 0.0786. The number of hydrogen-bond acceptors (Lipinski definition) is 4. The van der Waals surface area contributed by atoms with Gasteiger partial charge >= 0.3 is 0 Å². The van der Waals surface area contributed by atoms with Crippen LogP contribution in [0.3, 0.4) is 0 Å². The van der Waals surface area contributed by atoms with Crippen LogP contribution >= 0.6 is 0 Å². The van der Waals surface area contributed by atoms with E-state index < -0.39 is 0 Å². The van der Waals surface area contributed by atoms with Gasteiger partial charge in [-0.2, -0.15) is 0 Å². The Kier molecular flexibility index (Phi) is 4.94. The van der Waals surface area contributed by atoms with Crippen LogP contribution in [-0.4, -0.2) is 53.0 Å². The number of nitrogens with one attached hydrogen (secondary N) is 2. The molecule has 3 aromatic rings. The summed E-state index contributed by atoms with van der Waals surface area (Å²) in [5.74, 6) is 1.04. The molecule has 146 valence electrons. The molecule has 0 unspecified atom stereocenters. The second kappa shape index (κ2) is 7.54. The molecule has 6 nitrogen and oxygen atoms in total. The Morgan fingerprint density at radius 2 is 1.86 bits per heavy atom. The highest BCUT2D eigenvalue weighted by molar-refractivity contribution is 6.01. The predicted molar refractivity (Wildman–Crippen MR) is 114 cm³/mol. The molecule has 0 aliphatic carbocycles. The van der Waals surface area contributed by atoms with Crippen molar-refractivity contribution in [2.75, 3.05) is 36.4 Å². The highest BCUT2D eigenvalue weighted by atomic mass is 16.2. The molecule has 0 radical (unpaired) electrons. The number of amides is 1. The lowest BCUT2D eigenvalue weighted by Gasteiger charge is -2.36. The highest BCUT2D eigenvalue weighted by Crippen LogP contribution is 2.26. The first-order valence-corrected chi connectivity index (χ1v) is 9.87. The molecule has 1 aromatic carbocycles. The number of H-pyrrole nitrogens is 1. The van der Waals surface area contributed by atoms with Crippen molar-refractivity contribution in [1.82, 2.24) is 14.9 Å². The zero-order chi connectivity index (χ0) is 19.7. The number of carbonyl (C=O) groups excluding carboxylic acids is 1. The molecule has 0 saturated carbocycles. The standard InChI is InChI=1S/C22H27N5O/c1-15(2)24-19-9-6-10-23-21(19)26-11-13-27(14-12-26)22(28)20-16(3)17-7-4-5-8-18(17)25-20/h4-10,15,24-25H,11-14H2,1-3H3. The van der Waals surface area contributed by atoms with E-state index >= 15 is 0 Å². The van der Waals surface area contributed by atoms with Crippen LogP contribution in [0.1, 0.15) is 29.9 Å². The number of piperazine rings is 1. The van der Waals surface area contributed by atoms with Crippen molar-refractivity contribution in [3.63, 3.8) is 0 Å². The third kappa shape index (κ3) is 3.42. The number of benzene rings is 1. The first-order valence-electron chi connectivity index (χ1n) is 9.87. The van der Waals surface area contributed by atoms with Crippen LogP contribution in [0.15, 0.2) is 42.6 Å². The van der Waals surface area contributed by atoms with Crippen LogP contribution in [0.2, 0.25) is 0 Å². The Bertz CT molecular complexity index is 986. The second-order valence-corrected chi connectivity index (χ2v) is 7.62. The summed E-state index contributed by atoms with van der Waals surface area (Å²) in [7, 11) is 0. The maximum absolute atomic E-state index is 13.1. The van der Waals surface area contributed by atoms with Crippen molar-refractivity contribution >= 4 is 28.3 Å². The van der Waals surface area contributed by atoms with Crippen LogP contribution in [-0.2, 0) is 0 Å². The number of hydrogen-bond donors (Lipinski definition) is 2. The number of anilines is 2. The number of para-hydroxylation sites is 1. The first-order chi connectivity index (χ1) is 13.5. The van der Waals surface area contributed by atoms with E-state index in [1.165, 1.54) is 0 Å². The highest BCUT2D eigenvalue weighted by Gasteiger charge is 2.26. The normalized spacial score (nSPS) is 14.7.